The standard InChI is InChI=1S/C19H16Cl2N2O2S/c1-25-15-4-2-3-13(11-15)5-8-18(24)23-9-10-26-19(23)22-14-6-7-16(20)17(21)12-14/h2-8,11-12H,9-10H2,1H3/b8-5+,22-19?. The summed E-state index contributed by atoms with van der Waals surface area (Å²) in [7, 11) is 1.61. The molecule has 134 valence electrons. The van der Waals surface area contributed by atoms with Crippen LogP contribution in [0.4, 0.5) is 5.69 Å². The summed E-state index contributed by atoms with van der Waals surface area (Å²) in [5.74, 6) is 1.44. The number of halogens is 2. The Bertz CT molecular complexity index is 884. The van der Waals surface area contributed by atoms with Gasteiger partial charge in [-0.1, -0.05) is 47.1 Å². The van der Waals surface area contributed by atoms with E-state index in [4.69, 9.17) is 27.9 Å². The van der Waals surface area contributed by atoms with Gasteiger partial charge in [0.05, 0.1) is 22.8 Å². The van der Waals surface area contributed by atoms with Gasteiger partial charge in [0.1, 0.15) is 5.75 Å². The first-order chi connectivity index (χ1) is 12.6. The van der Waals surface area contributed by atoms with Crippen molar-refractivity contribution in [2.24, 2.45) is 4.99 Å². The van der Waals surface area contributed by atoms with Gasteiger partial charge in [-0.2, -0.15) is 0 Å². The Kier molecular flexibility index (Phi) is 6.25. The zero-order valence-corrected chi connectivity index (χ0v) is 16.3. The minimum Gasteiger partial charge on any atom is -0.497 e. The van der Waals surface area contributed by atoms with Crippen molar-refractivity contribution in [3.63, 3.8) is 0 Å². The third kappa shape index (κ3) is 4.61. The fourth-order valence-electron chi connectivity index (χ4n) is 2.37. The lowest BCUT2D eigenvalue weighted by Crippen LogP contribution is -2.30. The van der Waals surface area contributed by atoms with E-state index in [1.165, 1.54) is 11.8 Å². The van der Waals surface area contributed by atoms with Gasteiger partial charge in [-0.05, 0) is 42.0 Å². The van der Waals surface area contributed by atoms with E-state index in [-0.39, 0.29) is 5.91 Å². The molecule has 0 saturated carbocycles. The number of nitrogens with zero attached hydrogens (tertiary/aromatic N) is 2. The number of hydrogen-bond donors (Lipinski definition) is 0. The molecule has 3 rings (SSSR count). The van der Waals surface area contributed by atoms with Crippen LogP contribution in [0.2, 0.25) is 10.0 Å². The smallest absolute Gasteiger partial charge is 0.252 e. The predicted molar refractivity (Wildman–Crippen MR) is 110 cm³/mol. The van der Waals surface area contributed by atoms with E-state index in [1.54, 1.807) is 42.4 Å². The van der Waals surface area contributed by atoms with E-state index < -0.39 is 0 Å². The molecule has 1 aliphatic heterocycles. The lowest BCUT2D eigenvalue weighted by atomic mass is 10.2. The molecule has 0 radical (unpaired) electrons. The molecule has 0 spiro atoms. The Morgan fingerprint density at radius 1 is 1.23 bits per heavy atom. The number of carbonyl (C=O) groups excluding carboxylic acids is 1. The van der Waals surface area contributed by atoms with Gasteiger partial charge in [-0.15, -0.1) is 0 Å². The largest absolute Gasteiger partial charge is 0.497 e. The molecule has 1 aliphatic rings. The van der Waals surface area contributed by atoms with Crippen LogP contribution in [0.3, 0.4) is 0 Å². The van der Waals surface area contributed by atoms with Crippen LogP contribution in [-0.4, -0.2) is 35.4 Å². The Morgan fingerprint density at radius 2 is 2.08 bits per heavy atom. The highest BCUT2D eigenvalue weighted by Gasteiger charge is 2.24. The lowest BCUT2D eigenvalue weighted by Gasteiger charge is -2.13. The molecule has 4 nitrogen and oxygen atoms in total. The molecule has 1 amide bonds. The van der Waals surface area contributed by atoms with Crippen molar-refractivity contribution in [3.05, 3.63) is 64.1 Å². The molecule has 1 saturated heterocycles. The molecule has 7 heteroatoms. The summed E-state index contributed by atoms with van der Waals surface area (Å²) in [5.41, 5.74) is 1.56. The van der Waals surface area contributed by atoms with Gasteiger partial charge in [0.2, 0.25) is 0 Å². The second kappa shape index (κ2) is 8.62. The topological polar surface area (TPSA) is 41.9 Å². The maximum atomic E-state index is 12.6. The van der Waals surface area contributed by atoms with Crippen LogP contribution in [0.1, 0.15) is 5.56 Å². The maximum Gasteiger partial charge on any atom is 0.252 e. The minimum atomic E-state index is -0.114. The third-order valence-corrected chi connectivity index (χ3v) is 5.38. The van der Waals surface area contributed by atoms with E-state index in [0.717, 1.165) is 17.1 Å². The Balaban J connectivity index is 1.76. The fraction of sp³-hybridized carbons (Fsp3) is 0.158. The molecule has 0 aliphatic carbocycles. The van der Waals surface area contributed by atoms with Crippen molar-refractivity contribution < 1.29 is 9.53 Å². The van der Waals surface area contributed by atoms with Crippen molar-refractivity contribution in [2.75, 3.05) is 19.4 Å². The van der Waals surface area contributed by atoms with Crippen LogP contribution >= 0.6 is 35.0 Å². The van der Waals surface area contributed by atoms with Gasteiger partial charge < -0.3 is 4.74 Å². The van der Waals surface area contributed by atoms with Crippen LogP contribution in [-0.2, 0) is 4.79 Å². The van der Waals surface area contributed by atoms with Gasteiger partial charge in [-0.25, -0.2) is 4.99 Å². The molecule has 0 unspecified atom stereocenters. The summed E-state index contributed by atoms with van der Waals surface area (Å²) in [6.45, 7) is 0.617. The van der Waals surface area contributed by atoms with Gasteiger partial charge >= 0.3 is 0 Å². The Labute approximate surface area is 166 Å². The summed E-state index contributed by atoms with van der Waals surface area (Å²) < 4.78 is 5.19. The number of amides is 1. The Hall–Kier alpha value is -1.95. The quantitative estimate of drug-likeness (QED) is 0.648. The average molecular weight is 407 g/mol. The summed E-state index contributed by atoms with van der Waals surface area (Å²) in [6, 6.07) is 12.7. The molecule has 0 aromatic heterocycles. The third-order valence-electron chi connectivity index (χ3n) is 3.68. The van der Waals surface area contributed by atoms with Gasteiger partial charge in [0.15, 0.2) is 5.17 Å². The number of benzene rings is 2. The molecular weight excluding hydrogens is 391 g/mol. The Morgan fingerprint density at radius 3 is 2.85 bits per heavy atom. The number of carbonyl (C=O) groups is 1. The second-order valence-corrected chi connectivity index (χ2v) is 7.32. The zero-order valence-electron chi connectivity index (χ0n) is 14.0. The maximum absolute atomic E-state index is 12.6. The number of amidine groups is 1. The molecule has 0 atom stereocenters. The highest BCUT2D eigenvalue weighted by molar-refractivity contribution is 8.14. The van der Waals surface area contributed by atoms with E-state index in [0.29, 0.717) is 27.4 Å². The molecular formula is C19H16Cl2N2O2S. The van der Waals surface area contributed by atoms with Crippen LogP contribution in [0, 0.1) is 0 Å². The van der Waals surface area contributed by atoms with Crippen LogP contribution in [0.15, 0.2) is 53.5 Å². The minimum absolute atomic E-state index is 0.114. The monoisotopic (exact) mass is 406 g/mol. The predicted octanol–water partition coefficient (Wildman–Crippen LogP) is 5.28. The highest BCUT2D eigenvalue weighted by atomic mass is 35.5. The number of ether oxygens (including phenoxy) is 1. The van der Waals surface area contributed by atoms with Crippen LogP contribution < -0.4 is 4.74 Å². The fourth-order valence-corrected chi connectivity index (χ4v) is 3.62. The highest BCUT2D eigenvalue weighted by Crippen LogP contribution is 2.29. The van der Waals surface area contributed by atoms with Crippen LogP contribution in [0.25, 0.3) is 6.08 Å². The molecule has 0 bridgehead atoms. The van der Waals surface area contributed by atoms with Gasteiger partial charge in [0, 0.05) is 18.4 Å². The molecule has 2 aromatic carbocycles. The average Bonchev–Trinajstić information content (AvgIpc) is 3.11. The summed E-state index contributed by atoms with van der Waals surface area (Å²) in [4.78, 5) is 18.8. The molecule has 2 aromatic rings. The zero-order chi connectivity index (χ0) is 18.5. The van der Waals surface area contributed by atoms with E-state index in [1.807, 2.05) is 24.3 Å². The SMILES string of the molecule is COc1cccc(/C=C/C(=O)N2CCSC2=Nc2ccc(Cl)c(Cl)c2)c1. The van der Waals surface area contributed by atoms with E-state index in [2.05, 4.69) is 4.99 Å². The second-order valence-electron chi connectivity index (χ2n) is 5.44. The lowest BCUT2D eigenvalue weighted by molar-refractivity contribution is -0.121. The van der Waals surface area contributed by atoms with E-state index >= 15 is 0 Å². The number of aliphatic imine (C=N–C) groups is 1. The number of hydrogen-bond acceptors (Lipinski definition) is 4. The normalized spacial score (nSPS) is 15.8. The summed E-state index contributed by atoms with van der Waals surface area (Å²) in [6.07, 6.45) is 3.32. The number of methoxy groups -OCH3 is 1. The molecule has 26 heavy (non-hydrogen) atoms. The van der Waals surface area contributed by atoms with Crippen molar-refractivity contribution >= 4 is 57.8 Å². The first-order valence-electron chi connectivity index (χ1n) is 7.87. The molecule has 0 N–H and O–H groups in total. The van der Waals surface area contributed by atoms with Crippen molar-refractivity contribution in [3.8, 4) is 5.75 Å². The van der Waals surface area contributed by atoms with Crippen LogP contribution in [0.5, 0.6) is 5.75 Å². The first-order valence-corrected chi connectivity index (χ1v) is 9.61. The molecule has 1 heterocycles. The van der Waals surface area contributed by atoms with Crippen molar-refractivity contribution in [2.45, 2.75) is 0 Å². The summed E-state index contributed by atoms with van der Waals surface area (Å²) >= 11 is 13.5. The van der Waals surface area contributed by atoms with Crippen molar-refractivity contribution in [1.82, 2.24) is 4.90 Å². The van der Waals surface area contributed by atoms with Gasteiger partial charge in [0.25, 0.3) is 5.91 Å². The van der Waals surface area contributed by atoms with Crippen molar-refractivity contribution in [1.29, 1.82) is 0 Å². The number of thioether (sulfide) groups is 1. The summed E-state index contributed by atoms with van der Waals surface area (Å²) in [5, 5.41) is 1.57. The molecule has 1 fully saturated rings. The first kappa shape index (κ1) is 18.8. The van der Waals surface area contributed by atoms with Gasteiger partial charge in [-0.3, -0.25) is 9.69 Å². The van der Waals surface area contributed by atoms with E-state index in [9.17, 15) is 4.79 Å². The number of rotatable bonds is 4.